The molecule has 7 bridgehead atoms. The van der Waals surface area contributed by atoms with Crippen LogP contribution in [0.2, 0.25) is 0 Å². The maximum Gasteiger partial charge on any atom is 0.0831 e. The molecule has 6 fully saturated rings. The highest BCUT2D eigenvalue weighted by Crippen LogP contribution is 2.80. The third kappa shape index (κ3) is 1.78. The van der Waals surface area contributed by atoms with E-state index in [0.29, 0.717) is 18.8 Å². The molecule has 5 saturated carbocycles. The highest BCUT2D eigenvalue weighted by Gasteiger charge is 2.88. The van der Waals surface area contributed by atoms with Crippen LogP contribution < -0.4 is 0 Å². The molecule has 6 aliphatic rings. The minimum absolute atomic E-state index is 0.0352. The molecule has 6 heteroatoms. The smallest absolute Gasteiger partial charge is 0.0831 e. The molecule has 6 nitrogen and oxygen atoms in total. The van der Waals surface area contributed by atoms with Gasteiger partial charge < -0.3 is 24.8 Å². The van der Waals surface area contributed by atoms with E-state index in [0.717, 1.165) is 32.4 Å². The summed E-state index contributed by atoms with van der Waals surface area (Å²) in [5.41, 5.74) is -2.53. The minimum Gasteiger partial charge on any atom is -0.392 e. The van der Waals surface area contributed by atoms with Crippen LogP contribution in [0.3, 0.4) is 0 Å². The summed E-state index contributed by atoms with van der Waals surface area (Å²) >= 11 is 0. The van der Waals surface area contributed by atoms with Gasteiger partial charge in [-0.15, -0.1) is 0 Å². The van der Waals surface area contributed by atoms with Crippen molar-refractivity contribution in [2.45, 2.75) is 81.5 Å². The molecule has 164 valence electrons. The number of piperidine rings is 1. The van der Waals surface area contributed by atoms with Crippen molar-refractivity contribution in [1.29, 1.82) is 0 Å². The zero-order chi connectivity index (χ0) is 20.6. The van der Waals surface area contributed by atoms with E-state index in [1.165, 1.54) is 0 Å². The third-order valence-electron chi connectivity index (χ3n) is 11.0. The number of aliphatic hydroxyl groups is 3. The zero-order valence-electron chi connectivity index (χ0n) is 18.2. The van der Waals surface area contributed by atoms with Gasteiger partial charge >= 0.3 is 0 Å². The lowest BCUT2D eigenvalue weighted by Crippen LogP contribution is -2.81. The maximum atomic E-state index is 12.7. The van der Waals surface area contributed by atoms with Crippen LogP contribution in [0.1, 0.15) is 46.0 Å². The van der Waals surface area contributed by atoms with E-state index in [1.54, 1.807) is 14.2 Å². The van der Waals surface area contributed by atoms with Gasteiger partial charge in [-0.1, -0.05) is 13.8 Å². The van der Waals surface area contributed by atoms with Gasteiger partial charge in [-0.05, 0) is 43.6 Å². The van der Waals surface area contributed by atoms with E-state index in [2.05, 4.69) is 18.7 Å². The van der Waals surface area contributed by atoms with Gasteiger partial charge in [0.2, 0.25) is 0 Å². The van der Waals surface area contributed by atoms with Gasteiger partial charge in [-0.3, -0.25) is 4.90 Å². The van der Waals surface area contributed by atoms with Gasteiger partial charge in [0, 0.05) is 56.4 Å². The predicted octanol–water partition coefficient (Wildman–Crippen LogP) is 1.02. The van der Waals surface area contributed by atoms with E-state index in [4.69, 9.17) is 9.47 Å². The van der Waals surface area contributed by atoms with Crippen LogP contribution in [0.25, 0.3) is 0 Å². The van der Waals surface area contributed by atoms with Crippen molar-refractivity contribution in [3.8, 4) is 0 Å². The first-order valence-electron chi connectivity index (χ1n) is 11.7. The van der Waals surface area contributed by atoms with Crippen LogP contribution >= 0.6 is 0 Å². The third-order valence-corrected chi connectivity index (χ3v) is 11.0. The van der Waals surface area contributed by atoms with E-state index >= 15 is 0 Å². The van der Waals surface area contributed by atoms with Crippen molar-refractivity contribution in [2.24, 2.45) is 34.5 Å². The largest absolute Gasteiger partial charge is 0.392 e. The molecule has 12 atom stereocenters. The van der Waals surface area contributed by atoms with Gasteiger partial charge in [0.05, 0.1) is 29.5 Å². The second kappa shape index (κ2) is 5.57. The van der Waals surface area contributed by atoms with Crippen molar-refractivity contribution in [3.63, 3.8) is 0 Å². The lowest BCUT2D eigenvalue weighted by molar-refractivity contribution is -0.324. The number of hydrogen-bond donors (Lipinski definition) is 3. The molecule has 0 aromatic heterocycles. The Labute approximate surface area is 173 Å². The summed E-state index contributed by atoms with van der Waals surface area (Å²) in [5.74, 6) is -0.264. The minimum atomic E-state index is -1.13. The first-order chi connectivity index (χ1) is 13.7. The van der Waals surface area contributed by atoms with Gasteiger partial charge in [-0.25, -0.2) is 0 Å². The number of nitrogens with zero attached hydrogens (tertiary/aromatic N) is 1. The summed E-state index contributed by atoms with van der Waals surface area (Å²) in [6.07, 6.45) is 3.03. The highest BCUT2D eigenvalue weighted by atomic mass is 16.5. The Morgan fingerprint density at radius 1 is 1.14 bits per heavy atom. The molecule has 1 spiro atoms. The van der Waals surface area contributed by atoms with Crippen molar-refractivity contribution in [3.05, 3.63) is 0 Å². The summed E-state index contributed by atoms with van der Waals surface area (Å²) in [6, 6.07) is 0.101. The normalized spacial score (nSPS) is 65.1. The molecule has 5 aliphatic carbocycles. The number of ether oxygens (including phenoxy) is 2. The Morgan fingerprint density at radius 2 is 1.90 bits per heavy atom. The molecule has 3 N–H and O–H groups in total. The van der Waals surface area contributed by atoms with Crippen LogP contribution in [0.15, 0.2) is 0 Å². The molecular formula is C23H37NO5. The molecule has 0 unspecified atom stereocenters. The molecular weight excluding hydrogens is 370 g/mol. The Morgan fingerprint density at radius 3 is 2.55 bits per heavy atom. The SMILES string of the molecule is CCN1C[C@]2(C)CC[C@H](OC)[C@@]34[C@@H]2C[C@@H]([C@@H]13)[C@@]1(O)C[C@H](OC)[C@H]2C[C@]4(O)[C@@H]1[C@H]2O. The molecule has 6 rings (SSSR count). The van der Waals surface area contributed by atoms with Gasteiger partial charge in [-0.2, -0.15) is 0 Å². The average Bonchev–Trinajstić information content (AvgIpc) is 3.09. The van der Waals surface area contributed by atoms with E-state index in [-0.39, 0.29) is 35.5 Å². The molecule has 1 heterocycles. The molecule has 0 aromatic carbocycles. The average molecular weight is 408 g/mol. The second-order valence-electron chi connectivity index (χ2n) is 11.5. The Kier molecular flexibility index (Phi) is 3.73. The number of likely N-dealkylation sites (tertiary alicyclic amines) is 1. The molecule has 29 heavy (non-hydrogen) atoms. The Balaban J connectivity index is 1.64. The number of aliphatic hydroxyl groups excluding tert-OH is 1. The van der Waals surface area contributed by atoms with Crippen LogP contribution in [0.4, 0.5) is 0 Å². The van der Waals surface area contributed by atoms with E-state index in [9.17, 15) is 15.3 Å². The van der Waals surface area contributed by atoms with Crippen molar-refractivity contribution < 1.29 is 24.8 Å². The van der Waals surface area contributed by atoms with Gasteiger partial charge in [0.25, 0.3) is 0 Å². The van der Waals surface area contributed by atoms with Crippen LogP contribution in [0.5, 0.6) is 0 Å². The monoisotopic (exact) mass is 407 g/mol. The van der Waals surface area contributed by atoms with Crippen molar-refractivity contribution in [2.75, 3.05) is 27.3 Å². The second-order valence-corrected chi connectivity index (χ2v) is 11.5. The molecule has 0 amide bonds. The standard InChI is InChI=1S/C23H37NO5/c1-5-24-11-20(2)7-6-16(29-4)23-15(20)8-13(19(23)24)21(26)10-14(28-3)12-9-22(23,27)18(21)17(12)25/h12-19,25-27H,5-11H2,1-4H3/t12-,13+,14+,15-,16+,17+,18-,19-,20+,21+,22+,23+/m1/s1. The topological polar surface area (TPSA) is 82.4 Å². The summed E-state index contributed by atoms with van der Waals surface area (Å²) in [6.45, 7) is 6.55. The molecule has 1 saturated heterocycles. The fourth-order valence-electron chi connectivity index (χ4n) is 10.4. The molecule has 0 aromatic rings. The lowest BCUT2D eigenvalue weighted by Gasteiger charge is -2.71. The van der Waals surface area contributed by atoms with Crippen LogP contribution in [-0.2, 0) is 9.47 Å². The van der Waals surface area contributed by atoms with Gasteiger partial charge in [0.15, 0.2) is 0 Å². The van der Waals surface area contributed by atoms with E-state index in [1.807, 2.05) is 0 Å². The Bertz CT molecular complexity index is 734. The number of hydrogen-bond acceptors (Lipinski definition) is 6. The van der Waals surface area contributed by atoms with Gasteiger partial charge in [0.1, 0.15) is 0 Å². The summed E-state index contributed by atoms with van der Waals surface area (Å²) in [5, 5.41) is 36.3. The highest BCUT2D eigenvalue weighted by molar-refractivity contribution is 5.38. The predicted molar refractivity (Wildman–Crippen MR) is 106 cm³/mol. The molecule has 1 aliphatic heterocycles. The lowest BCUT2D eigenvalue weighted by atomic mass is 9.41. The summed E-state index contributed by atoms with van der Waals surface area (Å²) < 4.78 is 12.0. The fourth-order valence-corrected chi connectivity index (χ4v) is 10.4. The van der Waals surface area contributed by atoms with Crippen molar-refractivity contribution in [1.82, 2.24) is 4.90 Å². The first-order valence-corrected chi connectivity index (χ1v) is 11.7. The molecule has 0 radical (unpaired) electrons. The van der Waals surface area contributed by atoms with Crippen LogP contribution in [0, 0.1) is 34.5 Å². The zero-order valence-corrected chi connectivity index (χ0v) is 18.2. The fraction of sp³-hybridized carbons (Fsp3) is 1.00. The number of rotatable bonds is 3. The Hall–Kier alpha value is -0.240. The first kappa shape index (κ1) is 19.4. The number of methoxy groups -OCH3 is 2. The van der Waals surface area contributed by atoms with Crippen LogP contribution in [-0.4, -0.2) is 83.1 Å². The van der Waals surface area contributed by atoms with Crippen molar-refractivity contribution >= 4 is 0 Å². The summed E-state index contributed by atoms with van der Waals surface area (Å²) in [7, 11) is 3.47. The number of fused-ring (bicyclic) bond motifs is 2. The summed E-state index contributed by atoms with van der Waals surface area (Å²) in [4.78, 5) is 2.55. The quantitative estimate of drug-likeness (QED) is 0.648. The van der Waals surface area contributed by atoms with E-state index < -0.39 is 28.6 Å². The maximum absolute atomic E-state index is 12.7.